The van der Waals surface area contributed by atoms with E-state index in [0.717, 1.165) is 11.1 Å². The molecule has 0 atom stereocenters. The lowest BCUT2D eigenvalue weighted by Gasteiger charge is -2.04. The van der Waals surface area contributed by atoms with Gasteiger partial charge in [0.2, 0.25) is 0 Å². The second kappa shape index (κ2) is 9.89. The second-order valence-corrected chi connectivity index (χ2v) is 6.34. The van der Waals surface area contributed by atoms with Crippen molar-refractivity contribution in [3.63, 3.8) is 0 Å². The summed E-state index contributed by atoms with van der Waals surface area (Å²) >= 11 is 0. The standard InChI is InChI=1S/C24H20N2O4/c1-2-29-24(28)19-10-8-18(9-11-19)22-13-12-21(30-22)14-20(15-25)23(27)26-16-17-6-4-3-5-7-17/h3-14H,2,16H2,1H3,(H,26,27)/b20-14+. The van der Waals surface area contributed by atoms with E-state index in [0.29, 0.717) is 30.2 Å². The van der Waals surface area contributed by atoms with Crippen LogP contribution in [-0.4, -0.2) is 18.5 Å². The molecule has 0 fully saturated rings. The molecule has 0 bridgehead atoms. The van der Waals surface area contributed by atoms with Crippen molar-refractivity contribution in [1.29, 1.82) is 5.26 Å². The highest BCUT2D eigenvalue weighted by atomic mass is 16.5. The van der Waals surface area contributed by atoms with Crippen molar-refractivity contribution in [2.45, 2.75) is 13.5 Å². The molecular weight excluding hydrogens is 380 g/mol. The number of hydrogen-bond donors (Lipinski definition) is 1. The Morgan fingerprint density at radius 1 is 1.07 bits per heavy atom. The van der Waals surface area contributed by atoms with Crippen LogP contribution in [0.2, 0.25) is 0 Å². The molecular formula is C24H20N2O4. The van der Waals surface area contributed by atoms with Crippen molar-refractivity contribution >= 4 is 18.0 Å². The first-order chi connectivity index (χ1) is 14.6. The van der Waals surface area contributed by atoms with Crippen LogP contribution in [0.4, 0.5) is 0 Å². The number of nitrogens with zero attached hydrogens (tertiary/aromatic N) is 1. The Morgan fingerprint density at radius 3 is 2.47 bits per heavy atom. The van der Waals surface area contributed by atoms with Crippen LogP contribution in [0.1, 0.15) is 28.6 Å². The third-order valence-electron chi connectivity index (χ3n) is 4.25. The lowest BCUT2D eigenvalue weighted by molar-refractivity contribution is -0.117. The monoisotopic (exact) mass is 400 g/mol. The molecule has 1 amide bonds. The van der Waals surface area contributed by atoms with Crippen LogP contribution >= 0.6 is 0 Å². The van der Waals surface area contributed by atoms with Crippen molar-refractivity contribution < 1.29 is 18.7 Å². The smallest absolute Gasteiger partial charge is 0.338 e. The number of carbonyl (C=O) groups is 2. The van der Waals surface area contributed by atoms with Gasteiger partial charge in [-0.15, -0.1) is 0 Å². The van der Waals surface area contributed by atoms with Crippen molar-refractivity contribution in [2.24, 2.45) is 0 Å². The Hall–Kier alpha value is -4.11. The highest BCUT2D eigenvalue weighted by molar-refractivity contribution is 6.01. The molecule has 0 unspecified atom stereocenters. The molecule has 0 radical (unpaired) electrons. The maximum absolute atomic E-state index is 12.3. The Labute approximate surface area is 174 Å². The number of nitriles is 1. The summed E-state index contributed by atoms with van der Waals surface area (Å²) in [6.45, 7) is 2.39. The minimum Gasteiger partial charge on any atom is -0.462 e. The summed E-state index contributed by atoms with van der Waals surface area (Å²) in [5.41, 5.74) is 2.10. The van der Waals surface area contributed by atoms with Crippen LogP contribution in [0.25, 0.3) is 17.4 Å². The quantitative estimate of drug-likeness (QED) is 0.362. The van der Waals surface area contributed by atoms with E-state index in [4.69, 9.17) is 9.15 Å². The molecule has 2 aromatic carbocycles. The van der Waals surface area contributed by atoms with E-state index < -0.39 is 5.91 Å². The summed E-state index contributed by atoms with van der Waals surface area (Å²) in [6, 6.07) is 21.6. The van der Waals surface area contributed by atoms with Gasteiger partial charge in [-0.05, 0) is 36.8 Å². The minimum atomic E-state index is -0.474. The number of amides is 1. The van der Waals surface area contributed by atoms with Crippen LogP contribution in [0.5, 0.6) is 0 Å². The highest BCUT2D eigenvalue weighted by Crippen LogP contribution is 2.24. The van der Waals surface area contributed by atoms with E-state index in [9.17, 15) is 14.9 Å². The van der Waals surface area contributed by atoms with E-state index >= 15 is 0 Å². The van der Waals surface area contributed by atoms with Crippen molar-refractivity contribution in [1.82, 2.24) is 5.32 Å². The maximum Gasteiger partial charge on any atom is 0.338 e. The first kappa shape index (κ1) is 20.6. The predicted molar refractivity (Wildman–Crippen MR) is 112 cm³/mol. The SMILES string of the molecule is CCOC(=O)c1ccc(-c2ccc(/C=C(\C#N)C(=O)NCc3ccccc3)o2)cc1. The Balaban J connectivity index is 1.69. The molecule has 1 N–H and O–H groups in total. The fourth-order valence-corrected chi connectivity index (χ4v) is 2.73. The molecule has 0 aliphatic heterocycles. The Kier molecular flexibility index (Phi) is 6.80. The zero-order valence-electron chi connectivity index (χ0n) is 16.4. The van der Waals surface area contributed by atoms with Crippen LogP contribution in [0.15, 0.2) is 76.7 Å². The molecule has 1 heterocycles. The summed E-state index contributed by atoms with van der Waals surface area (Å²) in [4.78, 5) is 24.0. The third-order valence-corrected chi connectivity index (χ3v) is 4.25. The van der Waals surface area contributed by atoms with Crippen LogP contribution in [0, 0.1) is 11.3 Å². The van der Waals surface area contributed by atoms with Crippen LogP contribution < -0.4 is 5.32 Å². The van der Waals surface area contributed by atoms with E-state index in [1.807, 2.05) is 36.4 Å². The second-order valence-electron chi connectivity index (χ2n) is 6.34. The van der Waals surface area contributed by atoms with Gasteiger partial charge in [-0.1, -0.05) is 42.5 Å². The Bertz CT molecular complexity index is 1090. The summed E-state index contributed by atoms with van der Waals surface area (Å²) < 4.78 is 10.7. The number of carbonyl (C=O) groups excluding carboxylic acids is 2. The van der Waals surface area contributed by atoms with E-state index in [1.54, 1.807) is 43.3 Å². The fourth-order valence-electron chi connectivity index (χ4n) is 2.73. The van der Waals surface area contributed by atoms with Crippen molar-refractivity contribution in [2.75, 3.05) is 6.61 Å². The topological polar surface area (TPSA) is 92.3 Å². The number of hydrogen-bond acceptors (Lipinski definition) is 5. The molecule has 0 aliphatic rings. The normalized spacial score (nSPS) is 10.9. The fraction of sp³-hybridized carbons (Fsp3) is 0.125. The van der Waals surface area contributed by atoms with Gasteiger partial charge in [-0.25, -0.2) is 4.79 Å². The molecule has 150 valence electrons. The summed E-state index contributed by atoms with van der Waals surface area (Å²) in [7, 11) is 0. The van der Waals surface area contributed by atoms with Crippen LogP contribution in [-0.2, 0) is 16.1 Å². The molecule has 0 saturated carbocycles. The van der Waals surface area contributed by atoms with Crippen molar-refractivity contribution in [3.05, 3.63) is 89.2 Å². The first-order valence-electron chi connectivity index (χ1n) is 9.42. The van der Waals surface area contributed by atoms with Gasteiger partial charge >= 0.3 is 5.97 Å². The van der Waals surface area contributed by atoms with E-state index in [-0.39, 0.29) is 11.5 Å². The lowest BCUT2D eigenvalue weighted by Crippen LogP contribution is -2.23. The first-order valence-corrected chi connectivity index (χ1v) is 9.42. The average Bonchev–Trinajstić information content (AvgIpc) is 3.25. The van der Waals surface area contributed by atoms with Crippen molar-refractivity contribution in [3.8, 4) is 17.4 Å². The Morgan fingerprint density at radius 2 is 1.80 bits per heavy atom. The van der Waals surface area contributed by atoms with E-state index in [2.05, 4.69) is 5.32 Å². The molecule has 6 heteroatoms. The highest BCUT2D eigenvalue weighted by Gasteiger charge is 2.12. The number of nitrogens with one attached hydrogen (secondary N) is 1. The lowest BCUT2D eigenvalue weighted by atomic mass is 10.1. The molecule has 0 saturated heterocycles. The molecule has 3 aromatic rings. The number of esters is 1. The zero-order chi connectivity index (χ0) is 21.3. The minimum absolute atomic E-state index is 0.0514. The van der Waals surface area contributed by atoms with Gasteiger partial charge in [-0.3, -0.25) is 4.79 Å². The zero-order valence-corrected chi connectivity index (χ0v) is 16.4. The van der Waals surface area contributed by atoms with Gasteiger partial charge in [0.1, 0.15) is 23.2 Å². The van der Waals surface area contributed by atoms with Gasteiger partial charge < -0.3 is 14.5 Å². The van der Waals surface area contributed by atoms with Gasteiger partial charge in [-0.2, -0.15) is 5.26 Å². The summed E-state index contributed by atoms with van der Waals surface area (Å²) in [6.07, 6.45) is 1.40. The third kappa shape index (κ3) is 5.24. The number of ether oxygens (including phenoxy) is 1. The molecule has 0 spiro atoms. The van der Waals surface area contributed by atoms with E-state index in [1.165, 1.54) is 6.08 Å². The largest absolute Gasteiger partial charge is 0.462 e. The van der Waals surface area contributed by atoms with Gasteiger partial charge in [0.05, 0.1) is 12.2 Å². The predicted octanol–water partition coefficient (Wildman–Crippen LogP) is 4.35. The molecule has 1 aromatic heterocycles. The maximum atomic E-state index is 12.3. The number of furan rings is 1. The molecule has 6 nitrogen and oxygen atoms in total. The number of rotatable bonds is 7. The molecule has 30 heavy (non-hydrogen) atoms. The summed E-state index contributed by atoms with van der Waals surface area (Å²) in [5, 5.41) is 12.1. The van der Waals surface area contributed by atoms with Gasteiger partial charge in [0.15, 0.2) is 0 Å². The van der Waals surface area contributed by atoms with Crippen LogP contribution in [0.3, 0.4) is 0 Å². The van der Waals surface area contributed by atoms with Gasteiger partial charge in [0.25, 0.3) is 5.91 Å². The molecule has 0 aliphatic carbocycles. The van der Waals surface area contributed by atoms with Gasteiger partial charge in [0, 0.05) is 18.2 Å². The average molecular weight is 400 g/mol. The molecule has 3 rings (SSSR count). The number of benzene rings is 2. The summed E-state index contributed by atoms with van der Waals surface area (Å²) in [5.74, 6) is 0.0786.